The molecule has 0 bridgehead atoms. The first-order valence-corrected chi connectivity index (χ1v) is 12.6. The number of aryl methyl sites for hydroxylation is 1. The van der Waals surface area contributed by atoms with Crippen LogP contribution in [0.2, 0.25) is 5.02 Å². The number of halogens is 1. The first-order valence-electron chi connectivity index (χ1n) is 12.2. The average Bonchev–Trinajstić information content (AvgIpc) is 3.07. The number of anilines is 2. The number of carbonyl (C=O) groups is 2. The van der Waals surface area contributed by atoms with Gasteiger partial charge in [0, 0.05) is 34.4 Å². The largest absolute Gasteiger partial charge is 0.495 e. The molecule has 0 spiro atoms. The highest BCUT2D eigenvalue weighted by molar-refractivity contribution is 6.30. The summed E-state index contributed by atoms with van der Waals surface area (Å²) >= 11 is 6.37. The minimum atomic E-state index is -0.227. The number of nitrogens with zero attached hydrogens (tertiary/aromatic N) is 2. The van der Waals surface area contributed by atoms with Gasteiger partial charge in [-0.15, -0.1) is 0 Å². The van der Waals surface area contributed by atoms with Gasteiger partial charge in [0.1, 0.15) is 5.75 Å². The van der Waals surface area contributed by atoms with E-state index in [9.17, 15) is 9.59 Å². The van der Waals surface area contributed by atoms with Crippen molar-refractivity contribution in [2.75, 3.05) is 37.5 Å². The lowest BCUT2D eigenvalue weighted by Crippen LogP contribution is -2.32. The van der Waals surface area contributed by atoms with Gasteiger partial charge in [-0.25, -0.2) is 0 Å². The number of carbonyl (C=O) groups excluding carboxylic acids is 2. The van der Waals surface area contributed by atoms with E-state index >= 15 is 0 Å². The highest BCUT2D eigenvalue weighted by Gasteiger charge is 2.29. The van der Waals surface area contributed by atoms with Crippen molar-refractivity contribution in [3.05, 3.63) is 87.9 Å². The number of ether oxygens (including phenoxy) is 1. The normalized spacial score (nSPS) is 15.3. The Bertz CT molecular complexity index is 1280. The third-order valence-electron chi connectivity index (χ3n) is 6.86. The molecule has 0 saturated carbocycles. The Balaban J connectivity index is 1.64. The summed E-state index contributed by atoms with van der Waals surface area (Å²) in [5, 5.41) is 3.57. The Morgan fingerprint density at radius 2 is 1.92 bits per heavy atom. The Kier molecular flexibility index (Phi) is 7.97. The van der Waals surface area contributed by atoms with E-state index in [1.807, 2.05) is 48.2 Å². The summed E-state index contributed by atoms with van der Waals surface area (Å²) in [6.07, 6.45) is 1.81. The van der Waals surface area contributed by atoms with Crippen molar-refractivity contribution < 1.29 is 14.3 Å². The van der Waals surface area contributed by atoms with Gasteiger partial charge in [0.25, 0.3) is 11.8 Å². The summed E-state index contributed by atoms with van der Waals surface area (Å²) < 4.78 is 5.55. The fourth-order valence-electron chi connectivity index (χ4n) is 4.75. The topological polar surface area (TPSA) is 61.9 Å². The van der Waals surface area contributed by atoms with E-state index in [-0.39, 0.29) is 17.9 Å². The van der Waals surface area contributed by atoms with Gasteiger partial charge < -0.3 is 15.0 Å². The van der Waals surface area contributed by atoms with Crippen molar-refractivity contribution >= 4 is 34.8 Å². The smallest absolute Gasteiger partial charge is 0.258 e. The lowest BCUT2D eigenvalue weighted by Gasteiger charge is -2.29. The molecule has 0 saturated heterocycles. The number of methoxy groups -OCH3 is 1. The second-order valence-electron chi connectivity index (χ2n) is 9.08. The van der Waals surface area contributed by atoms with Gasteiger partial charge in [0.05, 0.1) is 12.8 Å². The molecule has 0 aliphatic carbocycles. The quantitative estimate of drug-likeness (QED) is 0.424. The van der Waals surface area contributed by atoms with Crippen LogP contribution in [-0.4, -0.2) is 44.0 Å². The summed E-state index contributed by atoms with van der Waals surface area (Å²) in [5.74, 6) is 0.0841. The maximum atomic E-state index is 13.8. The molecule has 7 heteroatoms. The van der Waals surface area contributed by atoms with Gasteiger partial charge in [-0.2, -0.15) is 0 Å². The lowest BCUT2D eigenvalue weighted by atomic mass is 10.00. The van der Waals surface area contributed by atoms with Gasteiger partial charge in [0.2, 0.25) is 0 Å². The predicted octanol–water partition coefficient (Wildman–Crippen LogP) is 6.34. The van der Waals surface area contributed by atoms with Crippen LogP contribution in [0, 0.1) is 6.92 Å². The molecule has 0 aromatic heterocycles. The van der Waals surface area contributed by atoms with Crippen molar-refractivity contribution in [1.29, 1.82) is 0 Å². The van der Waals surface area contributed by atoms with Gasteiger partial charge in [0.15, 0.2) is 0 Å². The third-order valence-corrected chi connectivity index (χ3v) is 7.10. The van der Waals surface area contributed by atoms with Crippen molar-refractivity contribution in [3.63, 3.8) is 0 Å². The Labute approximate surface area is 217 Å². The average molecular weight is 506 g/mol. The Morgan fingerprint density at radius 1 is 1.14 bits per heavy atom. The molecule has 1 aliphatic heterocycles. The predicted molar refractivity (Wildman–Crippen MR) is 146 cm³/mol. The zero-order chi connectivity index (χ0) is 25.8. The van der Waals surface area contributed by atoms with Crippen LogP contribution in [0.5, 0.6) is 5.75 Å². The molecule has 3 aromatic carbocycles. The van der Waals surface area contributed by atoms with Crippen LogP contribution >= 0.6 is 11.6 Å². The van der Waals surface area contributed by atoms with E-state index in [0.717, 1.165) is 36.2 Å². The fraction of sp³-hybridized carbons (Fsp3) is 0.310. The van der Waals surface area contributed by atoms with E-state index in [4.69, 9.17) is 16.3 Å². The van der Waals surface area contributed by atoms with Crippen molar-refractivity contribution in [1.82, 2.24) is 4.90 Å². The van der Waals surface area contributed by atoms with Crippen LogP contribution in [-0.2, 0) is 0 Å². The molecular weight excluding hydrogens is 474 g/mol. The van der Waals surface area contributed by atoms with Gasteiger partial charge in [-0.3, -0.25) is 14.5 Å². The van der Waals surface area contributed by atoms with Crippen LogP contribution in [0.25, 0.3) is 0 Å². The number of hydrogen-bond donors (Lipinski definition) is 1. The van der Waals surface area contributed by atoms with E-state index in [1.165, 1.54) is 7.11 Å². The van der Waals surface area contributed by atoms with Crippen LogP contribution in [0.1, 0.15) is 57.7 Å². The van der Waals surface area contributed by atoms with E-state index in [2.05, 4.69) is 24.2 Å². The summed E-state index contributed by atoms with van der Waals surface area (Å²) in [6.45, 7) is 5.53. The zero-order valence-electron chi connectivity index (χ0n) is 21.2. The van der Waals surface area contributed by atoms with Crippen LogP contribution < -0.4 is 15.0 Å². The first-order chi connectivity index (χ1) is 17.3. The van der Waals surface area contributed by atoms with Gasteiger partial charge in [-0.1, -0.05) is 36.7 Å². The molecule has 1 N–H and O–H groups in total. The second kappa shape index (κ2) is 11.1. The molecule has 1 atom stereocenters. The van der Waals surface area contributed by atoms with Crippen molar-refractivity contribution in [2.24, 2.45) is 0 Å². The Hall–Kier alpha value is -3.35. The number of fused-ring (bicyclic) bond motifs is 1. The van der Waals surface area contributed by atoms with Gasteiger partial charge in [-0.05, 0) is 86.9 Å². The minimum Gasteiger partial charge on any atom is -0.495 e. The van der Waals surface area contributed by atoms with Crippen LogP contribution in [0.15, 0.2) is 60.7 Å². The summed E-state index contributed by atoms with van der Waals surface area (Å²) in [7, 11) is 3.63. The molecule has 4 rings (SSSR count). The summed E-state index contributed by atoms with van der Waals surface area (Å²) in [5.41, 5.74) is 4.41. The molecule has 1 unspecified atom stereocenters. The van der Waals surface area contributed by atoms with Gasteiger partial charge >= 0.3 is 0 Å². The number of benzene rings is 3. The monoisotopic (exact) mass is 505 g/mol. The molecule has 0 radical (unpaired) electrons. The maximum Gasteiger partial charge on any atom is 0.258 e. The molecule has 1 aliphatic rings. The number of hydrogen-bond acceptors (Lipinski definition) is 4. The summed E-state index contributed by atoms with van der Waals surface area (Å²) in [6, 6.07) is 18.5. The molecule has 1 heterocycles. The minimum absolute atomic E-state index is 0.117. The van der Waals surface area contributed by atoms with Crippen molar-refractivity contribution in [3.8, 4) is 5.75 Å². The van der Waals surface area contributed by atoms with Crippen molar-refractivity contribution in [2.45, 2.75) is 32.7 Å². The van der Waals surface area contributed by atoms with E-state index in [0.29, 0.717) is 34.1 Å². The maximum absolute atomic E-state index is 13.8. The second-order valence-corrected chi connectivity index (χ2v) is 9.51. The molecular formula is C29H32ClN3O3. The number of nitrogens with one attached hydrogen (secondary N) is 1. The van der Waals surface area contributed by atoms with Crippen LogP contribution in [0.3, 0.4) is 0 Å². The molecule has 3 aromatic rings. The van der Waals surface area contributed by atoms with E-state index in [1.54, 1.807) is 24.3 Å². The Morgan fingerprint density at radius 3 is 2.64 bits per heavy atom. The summed E-state index contributed by atoms with van der Waals surface area (Å²) in [4.78, 5) is 30.7. The molecule has 188 valence electrons. The standard InChI is InChI=1S/C29H32ClN3O3/c1-5-32(3)25-11-8-16-33(26-15-13-21(30)18-23(25)26)29(35)20-12-14-24(27(17-20)36-4)31-28(34)22-10-7-6-9-19(22)2/h6-7,9-10,12-15,17-18,25H,5,8,11,16H2,1-4H3,(H,31,34). The molecule has 0 fully saturated rings. The zero-order valence-corrected chi connectivity index (χ0v) is 21.9. The molecule has 36 heavy (non-hydrogen) atoms. The SMILES string of the molecule is CCN(C)C1CCCN(C(=O)c2ccc(NC(=O)c3ccccc3C)c(OC)c2)c2ccc(Cl)cc21. The fourth-order valence-corrected chi connectivity index (χ4v) is 4.93. The first kappa shape index (κ1) is 25.7. The van der Waals surface area contributed by atoms with Crippen LogP contribution in [0.4, 0.5) is 11.4 Å². The van der Waals surface area contributed by atoms with E-state index < -0.39 is 0 Å². The number of amides is 2. The highest BCUT2D eigenvalue weighted by Crippen LogP contribution is 2.38. The molecule has 6 nitrogen and oxygen atoms in total. The third kappa shape index (κ3) is 5.25. The highest BCUT2D eigenvalue weighted by atomic mass is 35.5. The lowest BCUT2D eigenvalue weighted by molar-refractivity contribution is 0.0985. The molecule has 2 amide bonds. The number of rotatable bonds is 6.